The molecule has 6 N–H and O–H groups in total. The second-order valence-electron chi connectivity index (χ2n) is 8.45. The van der Waals surface area contributed by atoms with Crippen molar-refractivity contribution in [2.75, 3.05) is 19.7 Å². The van der Waals surface area contributed by atoms with Crippen LogP contribution in [0.3, 0.4) is 0 Å². The number of fused-ring (bicyclic) bond motifs is 1. The number of H-pyrrole nitrogens is 1. The number of aryl methyl sites for hydroxylation is 1. The third kappa shape index (κ3) is 4.41. The van der Waals surface area contributed by atoms with Gasteiger partial charge in [0.25, 0.3) is 0 Å². The van der Waals surface area contributed by atoms with E-state index in [1.165, 1.54) is 11.8 Å². The van der Waals surface area contributed by atoms with Crippen LogP contribution in [0.1, 0.15) is 29.7 Å². The number of nitrogens with zero attached hydrogens (tertiary/aromatic N) is 3. The zero-order valence-corrected chi connectivity index (χ0v) is 17.9. The monoisotopic (exact) mass is 418 g/mol. The number of aliphatic imine (C=N–C) groups is 1. The Morgan fingerprint density at radius 1 is 1.29 bits per heavy atom. The van der Waals surface area contributed by atoms with Gasteiger partial charge in [-0.05, 0) is 49.9 Å². The van der Waals surface area contributed by atoms with Gasteiger partial charge in [0, 0.05) is 41.3 Å². The fourth-order valence-corrected chi connectivity index (χ4v) is 4.46. The molecular weight excluding hydrogens is 388 g/mol. The van der Waals surface area contributed by atoms with Crippen molar-refractivity contribution >= 4 is 16.7 Å². The molecule has 1 saturated heterocycles. The first-order chi connectivity index (χ1) is 15.0. The number of piperidine rings is 1. The maximum atomic E-state index is 10.3. The fraction of sp³-hybridized carbons (Fsp3) is 0.333. The smallest absolute Gasteiger partial charge is 0.146 e. The van der Waals surface area contributed by atoms with E-state index in [1.54, 1.807) is 0 Å². The summed E-state index contributed by atoms with van der Waals surface area (Å²) < 4.78 is 0. The number of nitrogens with two attached hydrogens (primary N) is 2. The van der Waals surface area contributed by atoms with Crippen LogP contribution in [0.2, 0.25) is 0 Å². The zero-order chi connectivity index (χ0) is 21.8. The van der Waals surface area contributed by atoms with Crippen molar-refractivity contribution in [1.82, 2.24) is 15.1 Å². The standard InChI is InChI=1S/C24H30N6O/c1-17-20-12-19(8-9-21(20)29-28-17)23(26)27-22(14-25)30-11-5-10-24(15-30,16-31)13-18-6-3-2-4-7-18/h2-4,6-9,12,14,31H,5,10-11,13,15-16,25H2,1H3,(H2,26,27)(H,28,29)/b22-14+. The summed E-state index contributed by atoms with van der Waals surface area (Å²) in [5, 5.41) is 18.6. The molecule has 31 heavy (non-hydrogen) atoms. The van der Waals surface area contributed by atoms with Crippen LogP contribution in [0.5, 0.6) is 0 Å². The molecule has 0 saturated carbocycles. The highest BCUT2D eigenvalue weighted by atomic mass is 16.3. The number of hydrogen-bond donors (Lipinski definition) is 4. The highest BCUT2D eigenvalue weighted by Crippen LogP contribution is 2.35. The topological polar surface area (TPSA) is 117 Å². The third-order valence-corrected chi connectivity index (χ3v) is 6.17. The molecule has 1 aliphatic heterocycles. The minimum Gasteiger partial charge on any atom is -0.402 e. The molecule has 0 bridgehead atoms. The highest BCUT2D eigenvalue weighted by molar-refractivity contribution is 6.01. The van der Waals surface area contributed by atoms with E-state index in [4.69, 9.17) is 11.5 Å². The molecule has 0 spiro atoms. The van der Waals surface area contributed by atoms with Crippen LogP contribution in [-0.2, 0) is 6.42 Å². The van der Waals surface area contributed by atoms with Gasteiger partial charge in [-0.2, -0.15) is 5.10 Å². The fourth-order valence-electron chi connectivity index (χ4n) is 4.46. The van der Waals surface area contributed by atoms with Gasteiger partial charge in [-0.25, -0.2) is 4.99 Å². The Morgan fingerprint density at radius 3 is 2.84 bits per heavy atom. The molecule has 2 aromatic carbocycles. The normalized spacial score (nSPS) is 20.4. The lowest BCUT2D eigenvalue weighted by Gasteiger charge is -2.43. The predicted molar refractivity (Wildman–Crippen MR) is 124 cm³/mol. The highest BCUT2D eigenvalue weighted by Gasteiger charge is 2.36. The van der Waals surface area contributed by atoms with Crippen molar-refractivity contribution in [2.45, 2.75) is 26.2 Å². The summed E-state index contributed by atoms with van der Waals surface area (Å²) in [4.78, 5) is 6.80. The second kappa shape index (κ2) is 8.81. The minimum atomic E-state index is -0.231. The van der Waals surface area contributed by atoms with Crippen molar-refractivity contribution in [3.63, 3.8) is 0 Å². The Kier molecular flexibility index (Phi) is 5.95. The molecule has 0 aliphatic carbocycles. The van der Waals surface area contributed by atoms with Gasteiger partial charge in [-0.1, -0.05) is 30.3 Å². The number of aliphatic hydroxyl groups is 1. The molecule has 0 radical (unpaired) electrons. The third-order valence-electron chi connectivity index (χ3n) is 6.17. The van der Waals surface area contributed by atoms with E-state index in [9.17, 15) is 5.11 Å². The first-order valence-corrected chi connectivity index (χ1v) is 10.6. The van der Waals surface area contributed by atoms with E-state index in [0.717, 1.165) is 48.0 Å². The molecule has 1 fully saturated rings. The Hall–Kier alpha value is -3.32. The van der Waals surface area contributed by atoms with Crippen LogP contribution < -0.4 is 11.5 Å². The Morgan fingerprint density at radius 2 is 2.10 bits per heavy atom. The van der Waals surface area contributed by atoms with Gasteiger partial charge in [-0.3, -0.25) is 5.10 Å². The van der Waals surface area contributed by atoms with Gasteiger partial charge < -0.3 is 21.5 Å². The largest absolute Gasteiger partial charge is 0.402 e. The van der Waals surface area contributed by atoms with Gasteiger partial charge in [-0.15, -0.1) is 0 Å². The lowest BCUT2D eigenvalue weighted by atomic mass is 9.76. The molecule has 7 nitrogen and oxygen atoms in total. The van der Waals surface area contributed by atoms with Gasteiger partial charge >= 0.3 is 0 Å². The minimum absolute atomic E-state index is 0.117. The van der Waals surface area contributed by atoms with Gasteiger partial charge in [0.05, 0.1) is 12.1 Å². The first-order valence-electron chi connectivity index (χ1n) is 10.6. The molecule has 3 aromatic rings. The molecule has 1 aliphatic rings. The molecule has 1 unspecified atom stereocenters. The van der Waals surface area contributed by atoms with Crippen LogP contribution in [0.25, 0.3) is 10.9 Å². The van der Waals surface area contributed by atoms with Crippen LogP contribution in [0, 0.1) is 12.3 Å². The van der Waals surface area contributed by atoms with Crippen molar-refractivity contribution in [3.8, 4) is 0 Å². The molecule has 2 heterocycles. The predicted octanol–water partition coefficient (Wildman–Crippen LogP) is 2.65. The number of aliphatic hydroxyl groups excluding tert-OH is 1. The van der Waals surface area contributed by atoms with E-state index in [-0.39, 0.29) is 12.0 Å². The van der Waals surface area contributed by atoms with Crippen molar-refractivity contribution in [1.29, 1.82) is 0 Å². The summed E-state index contributed by atoms with van der Waals surface area (Å²) in [5.41, 5.74) is 16.0. The van der Waals surface area contributed by atoms with Crippen molar-refractivity contribution < 1.29 is 5.11 Å². The van der Waals surface area contributed by atoms with Crippen molar-refractivity contribution in [2.24, 2.45) is 21.9 Å². The van der Waals surface area contributed by atoms with Crippen LogP contribution in [0.4, 0.5) is 0 Å². The van der Waals surface area contributed by atoms with Gasteiger partial charge in [0.1, 0.15) is 11.7 Å². The van der Waals surface area contributed by atoms with Gasteiger partial charge in [0.2, 0.25) is 0 Å². The van der Waals surface area contributed by atoms with Crippen molar-refractivity contribution in [3.05, 3.63) is 77.4 Å². The second-order valence-corrected chi connectivity index (χ2v) is 8.45. The van der Waals surface area contributed by atoms with E-state index in [2.05, 4.69) is 32.2 Å². The van der Waals surface area contributed by atoms with Gasteiger partial charge in [0.15, 0.2) is 0 Å². The molecule has 1 atom stereocenters. The van der Waals surface area contributed by atoms with Crippen LogP contribution in [-0.4, -0.2) is 45.7 Å². The van der Waals surface area contributed by atoms with E-state index in [0.29, 0.717) is 18.2 Å². The maximum Gasteiger partial charge on any atom is 0.146 e. The molecule has 1 aromatic heterocycles. The number of likely N-dealkylation sites (tertiary alicyclic amines) is 1. The number of aromatic nitrogens is 2. The van der Waals surface area contributed by atoms with E-state index in [1.807, 2.05) is 43.3 Å². The zero-order valence-electron chi connectivity index (χ0n) is 17.9. The lowest BCUT2D eigenvalue weighted by molar-refractivity contribution is 0.0464. The lowest BCUT2D eigenvalue weighted by Crippen LogP contribution is -2.46. The number of aromatic amines is 1. The van der Waals surface area contributed by atoms with E-state index >= 15 is 0 Å². The number of benzene rings is 2. The summed E-state index contributed by atoms with van der Waals surface area (Å²) in [7, 11) is 0. The molecule has 7 heteroatoms. The summed E-state index contributed by atoms with van der Waals surface area (Å²) in [6.07, 6.45) is 4.24. The molecule has 4 rings (SSSR count). The average molecular weight is 419 g/mol. The van der Waals surface area contributed by atoms with Crippen LogP contribution in [0.15, 0.2) is 65.5 Å². The number of nitrogens with one attached hydrogen (secondary N) is 1. The number of hydrogen-bond acceptors (Lipinski definition) is 5. The average Bonchev–Trinajstić information content (AvgIpc) is 3.18. The Bertz CT molecular complexity index is 1100. The molecule has 0 amide bonds. The van der Waals surface area contributed by atoms with E-state index < -0.39 is 0 Å². The Balaban J connectivity index is 1.56. The summed E-state index contributed by atoms with van der Waals surface area (Å²) in [5.74, 6) is 1.04. The Labute approximate surface area is 182 Å². The molecule has 162 valence electrons. The SMILES string of the molecule is Cc1[nH]nc2ccc(/C(N)=N/C(=C\N)N3CCCC(CO)(Cc4ccccc4)C3)cc12. The number of amidine groups is 1. The first kappa shape index (κ1) is 20.9. The molecular formula is C24H30N6O. The summed E-state index contributed by atoms with van der Waals surface area (Å²) in [6.45, 7) is 3.60. The summed E-state index contributed by atoms with van der Waals surface area (Å²) >= 11 is 0. The van der Waals surface area contributed by atoms with Crippen LogP contribution >= 0.6 is 0 Å². The summed E-state index contributed by atoms with van der Waals surface area (Å²) in [6, 6.07) is 16.1. The quantitative estimate of drug-likeness (QED) is 0.363. The number of rotatable bonds is 6. The maximum absolute atomic E-state index is 10.3.